The van der Waals surface area contributed by atoms with E-state index in [0.29, 0.717) is 40.9 Å². The first-order chi connectivity index (χ1) is 13.1. The summed E-state index contributed by atoms with van der Waals surface area (Å²) in [5.74, 6) is 2.49. The highest BCUT2D eigenvalue weighted by Gasteiger charge is 2.30. The van der Waals surface area contributed by atoms with Crippen LogP contribution >= 0.6 is 0 Å². The van der Waals surface area contributed by atoms with Gasteiger partial charge in [0.15, 0.2) is 23.0 Å². The Hall–Kier alpha value is -3.09. The standard InChI is InChI=1S/C20H23NO6/c1-23-15-8-13-12(9-19(22)21-14(13)10-16(15)24-2)11-6-17(25-3)20(27-5)18(7-11)26-4/h6-8,10,12H,9H2,1-5H3,(H,21,22). The van der Waals surface area contributed by atoms with Crippen molar-refractivity contribution in [1.29, 1.82) is 0 Å². The molecule has 3 rings (SSSR count). The number of hydrogen-bond acceptors (Lipinski definition) is 6. The Morgan fingerprint density at radius 1 is 0.778 bits per heavy atom. The van der Waals surface area contributed by atoms with Gasteiger partial charge >= 0.3 is 0 Å². The van der Waals surface area contributed by atoms with Crippen LogP contribution in [0.25, 0.3) is 0 Å². The molecule has 1 amide bonds. The minimum atomic E-state index is -0.192. The van der Waals surface area contributed by atoms with Gasteiger partial charge in [0.05, 0.1) is 35.5 Å². The molecule has 1 aliphatic rings. The van der Waals surface area contributed by atoms with Crippen LogP contribution in [0.1, 0.15) is 23.5 Å². The molecule has 1 aliphatic heterocycles. The average Bonchev–Trinajstić information content (AvgIpc) is 2.70. The molecular weight excluding hydrogens is 350 g/mol. The molecule has 7 heteroatoms. The summed E-state index contributed by atoms with van der Waals surface area (Å²) in [6.45, 7) is 0. The van der Waals surface area contributed by atoms with Crippen LogP contribution in [0, 0.1) is 0 Å². The summed E-state index contributed by atoms with van der Waals surface area (Å²) in [7, 11) is 7.83. The first kappa shape index (κ1) is 18.7. The van der Waals surface area contributed by atoms with Crippen molar-refractivity contribution >= 4 is 11.6 Å². The molecule has 0 aromatic heterocycles. The van der Waals surface area contributed by atoms with E-state index in [1.807, 2.05) is 18.2 Å². The van der Waals surface area contributed by atoms with E-state index in [1.165, 1.54) is 0 Å². The molecule has 2 aromatic rings. The minimum absolute atomic E-state index is 0.0755. The minimum Gasteiger partial charge on any atom is -0.493 e. The highest BCUT2D eigenvalue weighted by molar-refractivity contribution is 5.96. The van der Waals surface area contributed by atoms with Crippen molar-refractivity contribution in [3.8, 4) is 28.7 Å². The number of ether oxygens (including phenoxy) is 5. The second-order valence-corrected chi connectivity index (χ2v) is 6.06. The molecule has 27 heavy (non-hydrogen) atoms. The maximum atomic E-state index is 12.3. The predicted molar refractivity (Wildman–Crippen MR) is 101 cm³/mol. The van der Waals surface area contributed by atoms with Crippen molar-refractivity contribution in [3.63, 3.8) is 0 Å². The normalized spacial score (nSPS) is 15.4. The summed E-state index contributed by atoms with van der Waals surface area (Å²) in [5, 5.41) is 2.90. The largest absolute Gasteiger partial charge is 0.493 e. The van der Waals surface area contributed by atoms with Gasteiger partial charge < -0.3 is 29.0 Å². The molecule has 1 unspecified atom stereocenters. The number of rotatable bonds is 6. The molecule has 0 radical (unpaired) electrons. The molecule has 0 spiro atoms. The smallest absolute Gasteiger partial charge is 0.225 e. The Bertz CT molecular complexity index is 839. The molecule has 0 saturated heterocycles. The fourth-order valence-electron chi connectivity index (χ4n) is 3.39. The van der Waals surface area contributed by atoms with E-state index >= 15 is 0 Å². The van der Waals surface area contributed by atoms with E-state index < -0.39 is 0 Å². The fraction of sp³-hybridized carbons (Fsp3) is 0.350. The molecule has 1 heterocycles. The molecule has 0 fully saturated rings. The number of carbonyl (C=O) groups is 1. The zero-order valence-corrected chi connectivity index (χ0v) is 16.0. The number of fused-ring (bicyclic) bond motifs is 1. The highest BCUT2D eigenvalue weighted by Crippen LogP contribution is 2.46. The monoisotopic (exact) mass is 373 g/mol. The number of nitrogens with one attached hydrogen (secondary N) is 1. The van der Waals surface area contributed by atoms with Gasteiger partial charge in [0.25, 0.3) is 0 Å². The number of anilines is 1. The van der Waals surface area contributed by atoms with E-state index in [-0.39, 0.29) is 11.8 Å². The third kappa shape index (κ3) is 3.32. The zero-order chi connectivity index (χ0) is 19.6. The van der Waals surface area contributed by atoms with Gasteiger partial charge in [-0.25, -0.2) is 0 Å². The highest BCUT2D eigenvalue weighted by atomic mass is 16.5. The Labute approximate surface area is 158 Å². The molecule has 2 aromatic carbocycles. The van der Waals surface area contributed by atoms with E-state index in [1.54, 1.807) is 41.6 Å². The lowest BCUT2D eigenvalue weighted by atomic mass is 9.84. The summed E-state index contributed by atoms with van der Waals surface area (Å²) < 4.78 is 27.1. The van der Waals surface area contributed by atoms with Crippen molar-refractivity contribution in [2.24, 2.45) is 0 Å². The summed E-state index contributed by atoms with van der Waals surface area (Å²) in [5.41, 5.74) is 2.51. The van der Waals surface area contributed by atoms with Crippen LogP contribution in [-0.2, 0) is 4.79 Å². The van der Waals surface area contributed by atoms with Gasteiger partial charge in [0.1, 0.15) is 0 Å². The summed E-state index contributed by atoms with van der Waals surface area (Å²) in [6, 6.07) is 7.40. The summed E-state index contributed by atoms with van der Waals surface area (Å²) in [4.78, 5) is 12.3. The van der Waals surface area contributed by atoms with E-state index in [9.17, 15) is 4.79 Å². The topological polar surface area (TPSA) is 75.2 Å². The summed E-state index contributed by atoms with van der Waals surface area (Å²) in [6.07, 6.45) is 0.293. The lowest BCUT2D eigenvalue weighted by Crippen LogP contribution is -2.23. The van der Waals surface area contributed by atoms with Crippen molar-refractivity contribution in [3.05, 3.63) is 35.4 Å². The average molecular weight is 373 g/mol. The van der Waals surface area contributed by atoms with Crippen molar-refractivity contribution < 1.29 is 28.5 Å². The number of methoxy groups -OCH3 is 5. The molecule has 1 N–H and O–H groups in total. The van der Waals surface area contributed by atoms with Crippen LogP contribution in [-0.4, -0.2) is 41.5 Å². The third-order valence-electron chi connectivity index (χ3n) is 4.68. The molecule has 0 aliphatic carbocycles. The predicted octanol–water partition coefficient (Wildman–Crippen LogP) is 3.20. The van der Waals surface area contributed by atoms with E-state index in [2.05, 4.69) is 5.32 Å². The second kappa shape index (κ2) is 7.65. The lowest BCUT2D eigenvalue weighted by Gasteiger charge is -2.28. The number of carbonyl (C=O) groups excluding carboxylic acids is 1. The molecule has 1 atom stereocenters. The van der Waals surface area contributed by atoms with Crippen molar-refractivity contribution in [2.75, 3.05) is 40.9 Å². The van der Waals surface area contributed by atoms with Crippen LogP contribution in [0.2, 0.25) is 0 Å². The molecular formula is C20H23NO6. The van der Waals surface area contributed by atoms with Gasteiger partial charge in [-0.3, -0.25) is 4.79 Å². The molecule has 7 nitrogen and oxygen atoms in total. The lowest BCUT2D eigenvalue weighted by molar-refractivity contribution is -0.116. The van der Waals surface area contributed by atoms with Gasteiger partial charge in [0.2, 0.25) is 11.7 Å². The first-order valence-corrected chi connectivity index (χ1v) is 8.41. The molecule has 0 saturated carbocycles. The van der Waals surface area contributed by atoms with Crippen molar-refractivity contribution in [1.82, 2.24) is 0 Å². The van der Waals surface area contributed by atoms with Crippen molar-refractivity contribution in [2.45, 2.75) is 12.3 Å². The number of amides is 1. The maximum Gasteiger partial charge on any atom is 0.225 e. The Balaban J connectivity index is 2.17. The quantitative estimate of drug-likeness (QED) is 0.838. The van der Waals surface area contributed by atoms with Gasteiger partial charge in [0, 0.05) is 24.1 Å². The summed E-state index contributed by atoms with van der Waals surface area (Å²) >= 11 is 0. The third-order valence-corrected chi connectivity index (χ3v) is 4.68. The number of benzene rings is 2. The first-order valence-electron chi connectivity index (χ1n) is 8.41. The van der Waals surface area contributed by atoms with Crippen LogP contribution in [0.3, 0.4) is 0 Å². The maximum absolute atomic E-state index is 12.3. The SMILES string of the molecule is COc1cc2c(cc1OC)C(c1cc(OC)c(OC)c(OC)c1)CC(=O)N2. The Morgan fingerprint density at radius 3 is 1.85 bits per heavy atom. The molecule has 0 bridgehead atoms. The van der Waals surface area contributed by atoms with Gasteiger partial charge in [-0.2, -0.15) is 0 Å². The van der Waals surface area contributed by atoms with E-state index in [0.717, 1.165) is 11.1 Å². The van der Waals surface area contributed by atoms with Crippen LogP contribution < -0.4 is 29.0 Å². The van der Waals surface area contributed by atoms with Crippen LogP contribution in [0.5, 0.6) is 28.7 Å². The van der Waals surface area contributed by atoms with Gasteiger partial charge in [-0.15, -0.1) is 0 Å². The van der Waals surface area contributed by atoms with Crippen LogP contribution in [0.4, 0.5) is 5.69 Å². The van der Waals surface area contributed by atoms with Gasteiger partial charge in [-0.05, 0) is 29.3 Å². The Kier molecular flexibility index (Phi) is 5.30. The molecule has 144 valence electrons. The number of hydrogen-bond donors (Lipinski definition) is 1. The second-order valence-electron chi connectivity index (χ2n) is 6.06. The van der Waals surface area contributed by atoms with Gasteiger partial charge in [-0.1, -0.05) is 0 Å². The zero-order valence-electron chi connectivity index (χ0n) is 16.0. The Morgan fingerprint density at radius 2 is 1.33 bits per heavy atom. The van der Waals surface area contributed by atoms with Crippen LogP contribution in [0.15, 0.2) is 24.3 Å². The fourth-order valence-corrected chi connectivity index (χ4v) is 3.39. The van der Waals surface area contributed by atoms with E-state index in [4.69, 9.17) is 23.7 Å².